The summed E-state index contributed by atoms with van der Waals surface area (Å²) in [7, 11) is 0. The Morgan fingerprint density at radius 1 is 1.42 bits per heavy atom. The second kappa shape index (κ2) is 3.41. The van der Waals surface area contributed by atoms with E-state index in [0.717, 1.165) is 17.1 Å². The Labute approximate surface area is 79.0 Å². The van der Waals surface area contributed by atoms with Gasteiger partial charge in [0.25, 0.3) is 0 Å². The summed E-state index contributed by atoms with van der Waals surface area (Å²) in [5.74, 6) is 1.79. The average Bonchev–Trinajstić information content (AvgIpc) is 2.49. The maximum absolute atomic E-state index is 4.53. The molecule has 1 fully saturated rings. The predicted molar refractivity (Wildman–Crippen MR) is 55.8 cm³/mol. The molecule has 68 valence electrons. The fraction of sp³-hybridized carbons (Fsp3) is 0.900. The van der Waals surface area contributed by atoms with Gasteiger partial charge in [-0.05, 0) is 31.1 Å². The van der Waals surface area contributed by atoms with Crippen molar-refractivity contribution >= 4 is 17.3 Å². The molecule has 3 atom stereocenters. The minimum Gasteiger partial charge on any atom is -0.282 e. The SMILES string of the molecule is CC(C)C1CC[C@H]2SC=NC2C1. The minimum atomic E-state index is 0.663. The number of rotatable bonds is 1. The van der Waals surface area contributed by atoms with Crippen molar-refractivity contribution < 1.29 is 0 Å². The van der Waals surface area contributed by atoms with Gasteiger partial charge in [0, 0.05) is 5.25 Å². The lowest BCUT2D eigenvalue weighted by Crippen LogP contribution is -2.29. The van der Waals surface area contributed by atoms with Gasteiger partial charge in [0.1, 0.15) is 0 Å². The molecule has 1 saturated carbocycles. The Morgan fingerprint density at radius 3 is 3.00 bits per heavy atom. The third-order valence-corrected chi connectivity index (χ3v) is 4.37. The molecule has 2 heteroatoms. The van der Waals surface area contributed by atoms with E-state index in [2.05, 4.69) is 24.4 Å². The van der Waals surface area contributed by atoms with E-state index in [0.29, 0.717) is 6.04 Å². The summed E-state index contributed by atoms with van der Waals surface area (Å²) in [4.78, 5) is 4.53. The van der Waals surface area contributed by atoms with Crippen molar-refractivity contribution in [2.45, 2.75) is 44.4 Å². The van der Waals surface area contributed by atoms with Crippen LogP contribution < -0.4 is 0 Å². The zero-order valence-electron chi connectivity index (χ0n) is 7.86. The van der Waals surface area contributed by atoms with Crippen molar-refractivity contribution in [1.29, 1.82) is 0 Å². The molecule has 0 N–H and O–H groups in total. The first kappa shape index (κ1) is 8.61. The van der Waals surface area contributed by atoms with Crippen LogP contribution in [0.25, 0.3) is 0 Å². The number of aliphatic imine (C=N–C) groups is 1. The summed E-state index contributed by atoms with van der Waals surface area (Å²) >= 11 is 1.95. The number of thioether (sulfide) groups is 1. The summed E-state index contributed by atoms with van der Waals surface area (Å²) in [6.45, 7) is 4.69. The van der Waals surface area contributed by atoms with E-state index >= 15 is 0 Å². The summed E-state index contributed by atoms with van der Waals surface area (Å²) in [5.41, 5.74) is 2.07. The van der Waals surface area contributed by atoms with Crippen LogP contribution in [0.5, 0.6) is 0 Å². The zero-order valence-corrected chi connectivity index (χ0v) is 8.68. The van der Waals surface area contributed by atoms with Gasteiger partial charge in [-0.25, -0.2) is 0 Å². The molecular formula is C10H17NS. The van der Waals surface area contributed by atoms with E-state index < -0.39 is 0 Å². The van der Waals surface area contributed by atoms with Crippen LogP contribution in [0, 0.1) is 11.8 Å². The van der Waals surface area contributed by atoms with Gasteiger partial charge in [0.15, 0.2) is 0 Å². The van der Waals surface area contributed by atoms with Crippen LogP contribution in [0.3, 0.4) is 0 Å². The number of hydrogen-bond donors (Lipinski definition) is 0. The Balaban J connectivity index is 1.96. The lowest BCUT2D eigenvalue weighted by molar-refractivity contribution is 0.264. The molecule has 0 aromatic rings. The van der Waals surface area contributed by atoms with Crippen LogP contribution in [-0.2, 0) is 0 Å². The molecule has 0 aromatic carbocycles. The standard InChI is InChI=1S/C10H17NS/c1-7(2)8-3-4-10-9(5-8)11-6-12-10/h6-10H,3-5H2,1-2H3/t8?,9?,10-/m1/s1. The molecule has 12 heavy (non-hydrogen) atoms. The van der Waals surface area contributed by atoms with E-state index in [1.54, 1.807) is 0 Å². The Kier molecular flexibility index (Phi) is 2.44. The maximum Gasteiger partial charge on any atom is 0.0630 e. The fourth-order valence-corrected chi connectivity index (χ4v) is 3.28. The van der Waals surface area contributed by atoms with Crippen LogP contribution in [0.2, 0.25) is 0 Å². The topological polar surface area (TPSA) is 12.4 Å². The van der Waals surface area contributed by atoms with E-state index in [-0.39, 0.29) is 0 Å². The van der Waals surface area contributed by atoms with Gasteiger partial charge in [-0.2, -0.15) is 0 Å². The van der Waals surface area contributed by atoms with E-state index in [1.807, 2.05) is 11.8 Å². The number of fused-ring (bicyclic) bond motifs is 1. The highest BCUT2D eigenvalue weighted by Crippen LogP contribution is 2.39. The van der Waals surface area contributed by atoms with Crippen molar-refractivity contribution in [1.82, 2.24) is 0 Å². The first-order valence-electron chi connectivity index (χ1n) is 4.94. The molecule has 2 unspecified atom stereocenters. The maximum atomic E-state index is 4.53. The first-order chi connectivity index (χ1) is 5.77. The molecule has 0 radical (unpaired) electrons. The normalized spacial score (nSPS) is 40.4. The van der Waals surface area contributed by atoms with E-state index in [9.17, 15) is 0 Å². The van der Waals surface area contributed by atoms with Gasteiger partial charge < -0.3 is 0 Å². The Morgan fingerprint density at radius 2 is 2.25 bits per heavy atom. The highest BCUT2D eigenvalue weighted by Gasteiger charge is 2.33. The third kappa shape index (κ3) is 1.54. The van der Waals surface area contributed by atoms with Crippen LogP contribution in [0.4, 0.5) is 0 Å². The summed E-state index contributed by atoms with van der Waals surface area (Å²) in [5, 5.41) is 0.833. The molecule has 0 amide bonds. The van der Waals surface area contributed by atoms with Gasteiger partial charge in [-0.15, -0.1) is 11.8 Å². The van der Waals surface area contributed by atoms with Crippen molar-refractivity contribution in [2.75, 3.05) is 0 Å². The number of hydrogen-bond acceptors (Lipinski definition) is 2. The first-order valence-corrected chi connectivity index (χ1v) is 5.88. The highest BCUT2D eigenvalue weighted by atomic mass is 32.2. The van der Waals surface area contributed by atoms with Crippen molar-refractivity contribution in [3.63, 3.8) is 0 Å². The molecule has 0 bridgehead atoms. The average molecular weight is 183 g/mol. The Bertz CT molecular complexity index is 188. The largest absolute Gasteiger partial charge is 0.282 e. The lowest BCUT2D eigenvalue weighted by Gasteiger charge is -2.32. The molecule has 0 saturated heterocycles. The van der Waals surface area contributed by atoms with E-state index in [1.165, 1.54) is 19.3 Å². The van der Waals surface area contributed by atoms with Gasteiger partial charge in [0.05, 0.1) is 11.6 Å². The summed E-state index contributed by atoms with van der Waals surface area (Å²) in [6, 6.07) is 0.663. The van der Waals surface area contributed by atoms with Crippen LogP contribution >= 0.6 is 11.8 Å². The molecule has 2 aliphatic rings. The van der Waals surface area contributed by atoms with Crippen LogP contribution in [0.15, 0.2) is 4.99 Å². The quantitative estimate of drug-likeness (QED) is 0.609. The molecule has 0 spiro atoms. The van der Waals surface area contributed by atoms with Crippen molar-refractivity contribution in [3.8, 4) is 0 Å². The molecule has 1 nitrogen and oxygen atoms in total. The van der Waals surface area contributed by atoms with Gasteiger partial charge in [0.2, 0.25) is 0 Å². The molecule has 1 aliphatic heterocycles. The molecule has 1 aliphatic carbocycles. The molecule has 1 heterocycles. The minimum absolute atomic E-state index is 0.663. The fourth-order valence-electron chi connectivity index (χ4n) is 2.26. The predicted octanol–water partition coefficient (Wildman–Crippen LogP) is 2.95. The molecule has 0 aromatic heterocycles. The summed E-state index contributed by atoms with van der Waals surface area (Å²) < 4.78 is 0. The Hall–Kier alpha value is 0.0200. The number of nitrogens with zero attached hydrogens (tertiary/aromatic N) is 1. The van der Waals surface area contributed by atoms with Crippen molar-refractivity contribution in [2.24, 2.45) is 16.8 Å². The monoisotopic (exact) mass is 183 g/mol. The van der Waals surface area contributed by atoms with Gasteiger partial charge >= 0.3 is 0 Å². The molecule has 2 rings (SSSR count). The van der Waals surface area contributed by atoms with Crippen LogP contribution in [0.1, 0.15) is 33.1 Å². The van der Waals surface area contributed by atoms with Crippen LogP contribution in [-0.4, -0.2) is 16.8 Å². The second-order valence-corrected chi connectivity index (χ2v) is 5.40. The highest BCUT2D eigenvalue weighted by molar-refractivity contribution is 8.12. The van der Waals surface area contributed by atoms with Crippen molar-refractivity contribution in [3.05, 3.63) is 0 Å². The third-order valence-electron chi connectivity index (χ3n) is 3.23. The molecular weight excluding hydrogens is 166 g/mol. The smallest absolute Gasteiger partial charge is 0.0630 e. The lowest BCUT2D eigenvalue weighted by atomic mass is 9.79. The summed E-state index contributed by atoms with van der Waals surface area (Å²) in [6.07, 6.45) is 4.15. The zero-order chi connectivity index (χ0) is 8.55. The van der Waals surface area contributed by atoms with Gasteiger partial charge in [-0.3, -0.25) is 4.99 Å². The van der Waals surface area contributed by atoms with Gasteiger partial charge in [-0.1, -0.05) is 13.8 Å². The van der Waals surface area contributed by atoms with E-state index in [4.69, 9.17) is 0 Å². The second-order valence-electron chi connectivity index (χ2n) is 4.31.